The number of amides is 3. The third kappa shape index (κ3) is 7.74. The molecule has 0 aliphatic heterocycles. The molecular weight excluding hydrogens is 212 g/mol. The predicted molar refractivity (Wildman–Crippen MR) is 58.6 cm³/mol. The van der Waals surface area contributed by atoms with E-state index < -0.39 is 0 Å². The second kappa shape index (κ2) is 8.66. The van der Waals surface area contributed by atoms with Crippen LogP contribution in [-0.4, -0.2) is 51.5 Å². The third-order valence-electron chi connectivity index (χ3n) is 1.77. The monoisotopic (exact) mass is 230 g/mol. The van der Waals surface area contributed by atoms with Crippen LogP contribution in [-0.2, 0) is 14.4 Å². The maximum absolute atomic E-state index is 11.1. The topological polar surface area (TPSA) is 99.3 Å². The molecule has 7 heteroatoms. The average Bonchev–Trinajstić information content (AvgIpc) is 2.30. The Morgan fingerprint density at radius 3 is 2.00 bits per heavy atom. The van der Waals surface area contributed by atoms with Gasteiger partial charge in [0.25, 0.3) is 0 Å². The molecule has 92 valence electrons. The van der Waals surface area contributed by atoms with E-state index in [1.165, 1.54) is 7.05 Å². The third-order valence-corrected chi connectivity index (χ3v) is 1.77. The number of likely N-dealkylation sites (N-methyl/N-ethyl adjacent to an activating group) is 1. The molecule has 0 aromatic carbocycles. The number of hydrogen-bond donors (Lipinski definition) is 4. The van der Waals surface area contributed by atoms with E-state index in [-0.39, 0.29) is 30.8 Å². The van der Waals surface area contributed by atoms with Crippen molar-refractivity contribution in [3.8, 4) is 0 Å². The first-order valence-corrected chi connectivity index (χ1v) is 4.98. The van der Waals surface area contributed by atoms with Gasteiger partial charge in [0.05, 0.1) is 13.1 Å². The minimum Gasteiger partial charge on any atom is -0.358 e. The summed E-state index contributed by atoms with van der Waals surface area (Å²) in [6.45, 7) is 0.368. The Kier molecular flexibility index (Phi) is 7.78. The van der Waals surface area contributed by atoms with E-state index >= 15 is 0 Å². The first kappa shape index (κ1) is 14.4. The van der Waals surface area contributed by atoms with Crippen molar-refractivity contribution in [2.75, 3.05) is 33.7 Å². The van der Waals surface area contributed by atoms with Gasteiger partial charge in [-0.25, -0.2) is 0 Å². The molecule has 0 saturated carbocycles. The Morgan fingerprint density at radius 2 is 1.44 bits per heavy atom. The highest BCUT2D eigenvalue weighted by molar-refractivity contribution is 5.88. The molecule has 0 unspecified atom stereocenters. The molecule has 0 radical (unpaired) electrons. The second-order valence-electron chi connectivity index (χ2n) is 3.08. The van der Waals surface area contributed by atoms with E-state index in [1.807, 2.05) is 0 Å². The fourth-order valence-corrected chi connectivity index (χ4v) is 0.836. The molecule has 0 aliphatic rings. The van der Waals surface area contributed by atoms with Crippen LogP contribution in [0.5, 0.6) is 0 Å². The van der Waals surface area contributed by atoms with E-state index in [0.29, 0.717) is 13.0 Å². The molecule has 0 rings (SSSR count). The Bertz CT molecular complexity index is 255. The molecule has 0 aliphatic carbocycles. The lowest BCUT2D eigenvalue weighted by Crippen LogP contribution is -2.41. The van der Waals surface area contributed by atoms with Gasteiger partial charge in [0.2, 0.25) is 17.7 Å². The summed E-state index contributed by atoms with van der Waals surface area (Å²) in [5.41, 5.74) is 0. The molecule has 16 heavy (non-hydrogen) atoms. The van der Waals surface area contributed by atoms with E-state index in [4.69, 9.17) is 0 Å². The highest BCUT2D eigenvalue weighted by Gasteiger charge is 2.05. The van der Waals surface area contributed by atoms with Crippen molar-refractivity contribution in [3.05, 3.63) is 0 Å². The lowest BCUT2D eigenvalue weighted by molar-refractivity contribution is -0.127. The zero-order valence-electron chi connectivity index (χ0n) is 9.55. The van der Waals surface area contributed by atoms with Gasteiger partial charge in [0, 0.05) is 20.0 Å². The fraction of sp³-hybridized carbons (Fsp3) is 0.667. The Labute approximate surface area is 94.3 Å². The van der Waals surface area contributed by atoms with Gasteiger partial charge in [-0.2, -0.15) is 0 Å². The molecular formula is C9H18N4O3. The molecule has 0 heterocycles. The Balaban J connectivity index is 3.57. The van der Waals surface area contributed by atoms with Crippen LogP contribution in [0.15, 0.2) is 0 Å². The molecule has 4 N–H and O–H groups in total. The summed E-state index contributed by atoms with van der Waals surface area (Å²) in [6.07, 6.45) is 0.319. The maximum Gasteiger partial charge on any atom is 0.239 e. The number of hydrogen-bond acceptors (Lipinski definition) is 4. The smallest absolute Gasteiger partial charge is 0.239 e. The van der Waals surface area contributed by atoms with Crippen LogP contribution >= 0.6 is 0 Å². The number of carbonyl (C=O) groups is 3. The van der Waals surface area contributed by atoms with Crippen molar-refractivity contribution >= 4 is 17.7 Å². The quantitative estimate of drug-likeness (QED) is 0.391. The first-order valence-electron chi connectivity index (χ1n) is 4.98. The van der Waals surface area contributed by atoms with Crippen LogP contribution in [0.1, 0.15) is 6.42 Å². The summed E-state index contributed by atoms with van der Waals surface area (Å²) < 4.78 is 0. The molecule has 0 saturated heterocycles. The van der Waals surface area contributed by atoms with E-state index in [1.54, 1.807) is 7.05 Å². The molecule has 0 atom stereocenters. The zero-order chi connectivity index (χ0) is 12.4. The molecule has 0 bridgehead atoms. The lowest BCUT2D eigenvalue weighted by Gasteiger charge is -2.06. The predicted octanol–water partition coefficient (Wildman–Crippen LogP) is -2.43. The summed E-state index contributed by atoms with van der Waals surface area (Å²) in [5, 5.41) is 9.98. The maximum atomic E-state index is 11.1. The van der Waals surface area contributed by atoms with Gasteiger partial charge in [0.15, 0.2) is 0 Å². The zero-order valence-corrected chi connectivity index (χ0v) is 9.55. The van der Waals surface area contributed by atoms with Crippen LogP contribution in [0.2, 0.25) is 0 Å². The molecule has 3 amide bonds. The first-order chi connectivity index (χ1) is 7.60. The fourth-order valence-electron chi connectivity index (χ4n) is 0.836. The van der Waals surface area contributed by atoms with Crippen molar-refractivity contribution in [1.29, 1.82) is 0 Å². The van der Waals surface area contributed by atoms with E-state index in [9.17, 15) is 14.4 Å². The van der Waals surface area contributed by atoms with Crippen molar-refractivity contribution < 1.29 is 14.4 Å². The molecule has 0 spiro atoms. The van der Waals surface area contributed by atoms with Crippen LogP contribution in [0.25, 0.3) is 0 Å². The van der Waals surface area contributed by atoms with Crippen LogP contribution in [0, 0.1) is 0 Å². The normalized spacial score (nSPS) is 9.38. The van der Waals surface area contributed by atoms with Gasteiger partial charge < -0.3 is 21.3 Å². The largest absolute Gasteiger partial charge is 0.358 e. The molecule has 0 aromatic rings. The van der Waals surface area contributed by atoms with Gasteiger partial charge in [-0.3, -0.25) is 14.4 Å². The van der Waals surface area contributed by atoms with Gasteiger partial charge >= 0.3 is 0 Å². The van der Waals surface area contributed by atoms with E-state index in [2.05, 4.69) is 21.3 Å². The number of carbonyl (C=O) groups excluding carboxylic acids is 3. The van der Waals surface area contributed by atoms with Gasteiger partial charge in [0.1, 0.15) is 0 Å². The summed E-state index contributed by atoms with van der Waals surface area (Å²) >= 11 is 0. The molecule has 0 fully saturated rings. The Morgan fingerprint density at radius 1 is 0.875 bits per heavy atom. The van der Waals surface area contributed by atoms with Crippen molar-refractivity contribution in [2.45, 2.75) is 6.42 Å². The highest BCUT2D eigenvalue weighted by atomic mass is 16.2. The summed E-state index contributed by atoms with van der Waals surface area (Å²) in [5.74, 6) is -0.874. The van der Waals surface area contributed by atoms with Crippen molar-refractivity contribution in [1.82, 2.24) is 21.3 Å². The molecule has 0 aromatic heterocycles. The van der Waals surface area contributed by atoms with Gasteiger partial charge in [-0.15, -0.1) is 0 Å². The minimum atomic E-state index is -0.388. The summed E-state index contributed by atoms with van der Waals surface area (Å²) in [7, 11) is 3.22. The lowest BCUT2D eigenvalue weighted by atomic mass is 10.4. The molecule has 7 nitrogen and oxygen atoms in total. The SMILES string of the molecule is CNCCC(=O)NCC(=O)NCC(=O)NC. The van der Waals surface area contributed by atoms with Gasteiger partial charge in [-0.05, 0) is 7.05 Å². The Hall–Kier alpha value is -1.63. The number of rotatable bonds is 7. The van der Waals surface area contributed by atoms with Crippen molar-refractivity contribution in [2.24, 2.45) is 0 Å². The van der Waals surface area contributed by atoms with E-state index in [0.717, 1.165) is 0 Å². The van der Waals surface area contributed by atoms with Crippen LogP contribution in [0.3, 0.4) is 0 Å². The highest BCUT2D eigenvalue weighted by Crippen LogP contribution is 1.75. The standard InChI is InChI=1S/C9H18N4O3/c1-10-4-3-7(14)12-6-9(16)13-5-8(15)11-2/h10H,3-6H2,1-2H3,(H,11,15)(H,12,14)(H,13,16). The average molecular weight is 230 g/mol. The summed E-state index contributed by atoms with van der Waals surface area (Å²) in [6, 6.07) is 0. The summed E-state index contributed by atoms with van der Waals surface area (Å²) in [4.78, 5) is 33.0. The number of nitrogens with one attached hydrogen (secondary N) is 4. The van der Waals surface area contributed by atoms with Crippen LogP contribution < -0.4 is 21.3 Å². The van der Waals surface area contributed by atoms with Gasteiger partial charge in [-0.1, -0.05) is 0 Å². The second-order valence-corrected chi connectivity index (χ2v) is 3.08. The minimum absolute atomic E-state index is 0.0816. The van der Waals surface area contributed by atoms with Crippen LogP contribution in [0.4, 0.5) is 0 Å². The van der Waals surface area contributed by atoms with Crippen molar-refractivity contribution in [3.63, 3.8) is 0 Å².